The van der Waals surface area contributed by atoms with Crippen LogP contribution in [0.2, 0.25) is 0 Å². The first kappa shape index (κ1) is 20.5. The Hall–Kier alpha value is -2.82. The number of nitrogens with zero attached hydrogens (tertiary/aromatic N) is 1. The monoisotopic (exact) mass is 369 g/mol. The third kappa shape index (κ3) is 5.84. The molecule has 0 spiro atoms. The molecule has 1 amide bonds. The lowest BCUT2D eigenvalue weighted by Gasteiger charge is -2.19. The fourth-order valence-corrected chi connectivity index (χ4v) is 2.68. The van der Waals surface area contributed by atoms with Gasteiger partial charge in [-0.05, 0) is 56.0 Å². The molecule has 5 heteroatoms. The Kier molecular flexibility index (Phi) is 6.99. The molecule has 0 aromatic heterocycles. The van der Waals surface area contributed by atoms with Crippen LogP contribution in [-0.2, 0) is 20.9 Å². The lowest BCUT2D eigenvalue weighted by atomic mass is 10.1. The highest BCUT2D eigenvalue weighted by molar-refractivity contribution is 5.80. The number of benzene rings is 2. The minimum Gasteiger partial charge on any atom is -0.482 e. The molecule has 0 saturated heterocycles. The maximum atomic E-state index is 12.2. The van der Waals surface area contributed by atoms with Gasteiger partial charge in [-0.2, -0.15) is 0 Å². The van der Waals surface area contributed by atoms with Gasteiger partial charge in [-0.3, -0.25) is 4.79 Å². The summed E-state index contributed by atoms with van der Waals surface area (Å²) in [5.41, 5.74) is 5.45. The molecule has 0 fully saturated rings. The molecular weight excluding hydrogens is 342 g/mol. The van der Waals surface area contributed by atoms with E-state index in [1.807, 2.05) is 52.0 Å². The predicted molar refractivity (Wildman–Crippen MR) is 105 cm³/mol. The summed E-state index contributed by atoms with van der Waals surface area (Å²) in [4.78, 5) is 25.6. The molecule has 27 heavy (non-hydrogen) atoms. The average Bonchev–Trinajstić information content (AvgIpc) is 2.63. The Morgan fingerprint density at radius 3 is 2.41 bits per heavy atom. The van der Waals surface area contributed by atoms with Crippen LogP contribution in [0.25, 0.3) is 0 Å². The third-order valence-electron chi connectivity index (χ3n) is 4.59. The number of hydrogen-bond acceptors (Lipinski definition) is 4. The second-order valence-electron chi connectivity index (χ2n) is 6.83. The van der Waals surface area contributed by atoms with Gasteiger partial charge in [-0.1, -0.05) is 35.9 Å². The zero-order valence-electron chi connectivity index (χ0n) is 16.7. The van der Waals surface area contributed by atoms with E-state index < -0.39 is 5.97 Å². The highest BCUT2D eigenvalue weighted by Gasteiger charge is 2.14. The molecule has 0 aliphatic rings. The van der Waals surface area contributed by atoms with Gasteiger partial charge in [-0.15, -0.1) is 0 Å². The van der Waals surface area contributed by atoms with Gasteiger partial charge < -0.3 is 14.4 Å². The van der Waals surface area contributed by atoms with Crippen LogP contribution in [0.3, 0.4) is 0 Å². The van der Waals surface area contributed by atoms with Crippen molar-refractivity contribution in [3.8, 4) is 5.75 Å². The summed E-state index contributed by atoms with van der Waals surface area (Å²) in [5.74, 6) is -0.176. The number of carbonyl (C=O) groups is 2. The van der Waals surface area contributed by atoms with Crippen molar-refractivity contribution in [3.05, 3.63) is 64.2 Å². The van der Waals surface area contributed by atoms with Gasteiger partial charge in [0.2, 0.25) is 0 Å². The fourth-order valence-electron chi connectivity index (χ4n) is 2.68. The summed E-state index contributed by atoms with van der Waals surface area (Å²) < 4.78 is 10.5. The van der Waals surface area contributed by atoms with E-state index in [0.29, 0.717) is 12.3 Å². The Morgan fingerprint density at radius 2 is 1.70 bits per heavy atom. The van der Waals surface area contributed by atoms with E-state index in [1.165, 1.54) is 5.56 Å². The van der Waals surface area contributed by atoms with Gasteiger partial charge in [0.05, 0.1) is 0 Å². The van der Waals surface area contributed by atoms with Crippen molar-refractivity contribution in [2.45, 2.75) is 34.2 Å². The van der Waals surface area contributed by atoms with E-state index in [0.717, 1.165) is 22.3 Å². The zero-order valence-corrected chi connectivity index (χ0v) is 16.7. The van der Waals surface area contributed by atoms with E-state index >= 15 is 0 Å². The Morgan fingerprint density at radius 1 is 0.963 bits per heavy atom. The first-order chi connectivity index (χ1) is 12.8. The maximum absolute atomic E-state index is 12.2. The Labute approximate surface area is 160 Å². The van der Waals surface area contributed by atoms with E-state index in [4.69, 9.17) is 9.47 Å². The van der Waals surface area contributed by atoms with Crippen LogP contribution >= 0.6 is 0 Å². The van der Waals surface area contributed by atoms with Crippen molar-refractivity contribution in [1.82, 2.24) is 4.90 Å². The third-order valence-corrected chi connectivity index (χ3v) is 4.59. The highest BCUT2D eigenvalue weighted by Crippen LogP contribution is 2.20. The van der Waals surface area contributed by atoms with Crippen molar-refractivity contribution >= 4 is 11.9 Å². The van der Waals surface area contributed by atoms with Gasteiger partial charge in [0.25, 0.3) is 5.91 Å². The number of likely N-dealkylation sites (N-methyl/N-ethyl adjacent to an activating group) is 1. The highest BCUT2D eigenvalue weighted by atomic mass is 16.6. The lowest BCUT2D eigenvalue weighted by Crippen LogP contribution is -2.31. The lowest BCUT2D eigenvalue weighted by molar-refractivity contribution is -0.153. The van der Waals surface area contributed by atoms with Crippen LogP contribution in [0.15, 0.2) is 36.4 Å². The van der Waals surface area contributed by atoms with Crippen molar-refractivity contribution in [3.63, 3.8) is 0 Å². The summed E-state index contributed by atoms with van der Waals surface area (Å²) in [5, 5.41) is 0. The topological polar surface area (TPSA) is 55.8 Å². The van der Waals surface area contributed by atoms with E-state index in [-0.39, 0.29) is 19.1 Å². The first-order valence-electron chi connectivity index (χ1n) is 8.92. The molecule has 0 radical (unpaired) electrons. The van der Waals surface area contributed by atoms with Crippen LogP contribution < -0.4 is 4.74 Å². The van der Waals surface area contributed by atoms with Gasteiger partial charge >= 0.3 is 5.97 Å². The summed E-state index contributed by atoms with van der Waals surface area (Å²) in [7, 11) is 1.70. The number of hydrogen-bond donors (Lipinski definition) is 0. The summed E-state index contributed by atoms with van der Waals surface area (Å²) in [6.07, 6.45) is 0. The summed E-state index contributed by atoms with van der Waals surface area (Å²) in [6.45, 7) is 7.92. The molecule has 0 heterocycles. The minimum absolute atomic E-state index is 0.224. The first-order valence-corrected chi connectivity index (χ1v) is 8.92. The van der Waals surface area contributed by atoms with E-state index in [2.05, 4.69) is 6.07 Å². The molecule has 2 aromatic rings. The minimum atomic E-state index is -0.566. The van der Waals surface area contributed by atoms with Crippen LogP contribution in [0.1, 0.15) is 27.8 Å². The molecule has 2 aromatic carbocycles. The molecule has 0 aliphatic heterocycles. The van der Waals surface area contributed by atoms with E-state index in [1.54, 1.807) is 18.0 Å². The van der Waals surface area contributed by atoms with Gasteiger partial charge in [-0.25, -0.2) is 4.79 Å². The SMILES string of the molecule is Cc1ccc(CN(C)C(=O)COC(=O)COc2cccc(C)c2C)c(C)c1. The smallest absolute Gasteiger partial charge is 0.344 e. The molecule has 0 unspecified atom stereocenters. The van der Waals surface area contributed by atoms with Gasteiger partial charge in [0.15, 0.2) is 13.2 Å². The largest absolute Gasteiger partial charge is 0.482 e. The molecular formula is C22H27NO4. The van der Waals surface area contributed by atoms with Gasteiger partial charge in [0.1, 0.15) is 5.75 Å². The number of rotatable bonds is 7. The van der Waals surface area contributed by atoms with Crippen molar-refractivity contribution in [2.75, 3.05) is 20.3 Å². The predicted octanol–water partition coefficient (Wildman–Crippen LogP) is 3.50. The second kappa shape index (κ2) is 9.21. The standard InChI is InChI=1S/C22H27NO4/c1-15-9-10-19(17(3)11-15)12-23(5)21(24)13-27-22(25)14-26-20-8-6-7-16(2)18(20)4/h6-11H,12-14H2,1-5H3. The number of esters is 1. The summed E-state index contributed by atoms with van der Waals surface area (Å²) in [6, 6.07) is 11.8. The van der Waals surface area contributed by atoms with Crippen LogP contribution in [0.5, 0.6) is 5.75 Å². The molecule has 0 aliphatic carbocycles. The maximum Gasteiger partial charge on any atom is 0.344 e. The van der Waals surface area contributed by atoms with Crippen LogP contribution in [-0.4, -0.2) is 37.0 Å². The van der Waals surface area contributed by atoms with Crippen LogP contribution in [0.4, 0.5) is 0 Å². The molecule has 0 N–H and O–H groups in total. The number of carbonyl (C=O) groups excluding carboxylic acids is 2. The Bertz CT molecular complexity index is 829. The van der Waals surface area contributed by atoms with Crippen molar-refractivity contribution in [2.24, 2.45) is 0 Å². The van der Waals surface area contributed by atoms with Crippen molar-refractivity contribution < 1.29 is 19.1 Å². The fraction of sp³-hybridized carbons (Fsp3) is 0.364. The second-order valence-corrected chi connectivity index (χ2v) is 6.83. The molecule has 0 bridgehead atoms. The zero-order chi connectivity index (χ0) is 20.0. The number of aryl methyl sites for hydroxylation is 3. The Balaban J connectivity index is 1.80. The molecule has 2 rings (SSSR count). The quantitative estimate of drug-likeness (QED) is 0.701. The summed E-state index contributed by atoms with van der Waals surface area (Å²) >= 11 is 0. The molecule has 144 valence electrons. The normalized spacial score (nSPS) is 10.4. The molecule has 0 atom stereocenters. The van der Waals surface area contributed by atoms with Crippen molar-refractivity contribution in [1.29, 1.82) is 0 Å². The van der Waals surface area contributed by atoms with E-state index in [9.17, 15) is 9.59 Å². The number of ether oxygens (including phenoxy) is 2. The number of amides is 1. The van der Waals surface area contributed by atoms with Crippen LogP contribution in [0, 0.1) is 27.7 Å². The molecule has 0 saturated carbocycles. The van der Waals surface area contributed by atoms with Gasteiger partial charge in [0, 0.05) is 13.6 Å². The average molecular weight is 369 g/mol. The molecule has 5 nitrogen and oxygen atoms in total.